The predicted octanol–water partition coefficient (Wildman–Crippen LogP) is 1.35. The summed E-state index contributed by atoms with van der Waals surface area (Å²) in [5.74, 6) is 0. The lowest BCUT2D eigenvalue weighted by Crippen LogP contribution is -1.94. The van der Waals surface area contributed by atoms with E-state index >= 15 is 0 Å². The molecule has 0 bridgehead atoms. The van der Waals surface area contributed by atoms with Crippen molar-refractivity contribution in [2.45, 2.75) is 0 Å². The van der Waals surface area contributed by atoms with Gasteiger partial charge in [-0.3, -0.25) is 0 Å². The zero-order valence-corrected chi connectivity index (χ0v) is 6.64. The summed E-state index contributed by atoms with van der Waals surface area (Å²) in [6.45, 7) is 1.68. The highest BCUT2D eigenvalue weighted by Crippen LogP contribution is 2.13. The standard InChI is InChI=1S/C7H9NOP/c1-10(9)7-4-2-6(8)3-5-7/h2-5H,8H2,1H3/q+1. The molecule has 1 aromatic carbocycles. The van der Waals surface area contributed by atoms with Crippen LogP contribution in [0.5, 0.6) is 0 Å². The molecular formula is C7H9NOP+. The fourth-order valence-electron chi connectivity index (χ4n) is 0.684. The summed E-state index contributed by atoms with van der Waals surface area (Å²) in [5.41, 5.74) is 6.14. The van der Waals surface area contributed by atoms with Gasteiger partial charge in [0.1, 0.15) is 6.66 Å². The van der Waals surface area contributed by atoms with Crippen molar-refractivity contribution in [2.75, 3.05) is 12.4 Å². The van der Waals surface area contributed by atoms with Crippen molar-refractivity contribution in [3.05, 3.63) is 24.3 Å². The van der Waals surface area contributed by atoms with Gasteiger partial charge in [0.2, 0.25) is 0 Å². The SMILES string of the molecule is C[P+](=O)c1ccc(N)cc1. The molecular weight excluding hydrogens is 145 g/mol. The van der Waals surface area contributed by atoms with Gasteiger partial charge < -0.3 is 5.73 Å². The third kappa shape index (κ3) is 1.55. The first-order valence-electron chi connectivity index (χ1n) is 2.96. The number of benzene rings is 1. The molecule has 1 unspecified atom stereocenters. The first-order valence-corrected chi connectivity index (χ1v) is 4.67. The molecule has 10 heavy (non-hydrogen) atoms. The van der Waals surface area contributed by atoms with Crippen LogP contribution in [-0.4, -0.2) is 6.66 Å². The maximum absolute atomic E-state index is 10.9. The molecule has 0 aromatic heterocycles. The lowest BCUT2D eigenvalue weighted by atomic mass is 10.3. The third-order valence-electron chi connectivity index (χ3n) is 1.26. The van der Waals surface area contributed by atoms with E-state index in [0.717, 1.165) is 5.30 Å². The third-order valence-corrected chi connectivity index (χ3v) is 2.28. The average molecular weight is 154 g/mol. The Morgan fingerprint density at radius 3 is 2.20 bits per heavy atom. The van der Waals surface area contributed by atoms with Gasteiger partial charge in [0, 0.05) is 5.69 Å². The Morgan fingerprint density at radius 1 is 1.30 bits per heavy atom. The molecule has 1 atom stereocenters. The van der Waals surface area contributed by atoms with Gasteiger partial charge >= 0.3 is 7.80 Å². The topological polar surface area (TPSA) is 43.1 Å². The van der Waals surface area contributed by atoms with E-state index < -0.39 is 7.80 Å². The molecule has 0 fully saturated rings. The molecule has 2 N–H and O–H groups in total. The lowest BCUT2D eigenvalue weighted by Gasteiger charge is -1.87. The van der Waals surface area contributed by atoms with E-state index in [0.29, 0.717) is 5.69 Å². The number of anilines is 1. The largest absolute Gasteiger partial charge is 0.399 e. The van der Waals surface area contributed by atoms with Gasteiger partial charge in [0.05, 0.1) is 0 Å². The monoisotopic (exact) mass is 154 g/mol. The highest BCUT2D eigenvalue weighted by Gasteiger charge is 2.08. The zero-order valence-electron chi connectivity index (χ0n) is 5.74. The Kier molecular flexibility index (Phi) is 2.03. The van der Waals surface area contributed by atoms with Gasteiger partial charge in [0.25, 0.3) is 0 Å². The van der Waals surface area contributed by atoms with Crippen LogP contribution in [0.3, 0.4) is 0 Å². The average Bonchev–Trinajstić information content (AvgIpc) is 1.88. The summed E-state index contributed by atoms with van der Waals surface area (Å²) in [6, 6.07) is 7.08. The second kappa shape index (κ2) is 2.80. The fourth-order valence-corrected chi connectivity index (χ4v) is 1.25. The van der Waals surface area contributed by atoms with Crippen molar-refractivity contribution in [1.82, 2.24) is 0 Å². The highest BCUT2D eigenvalue weighted by molar-refractivity contribution is 7.52. The molecule has 1 aromatic rings. The maximum atomic E-state index is 10.9. The molecule has 3 heteroatoms. The molecule has 2 nitrogen and oxygen atoms in total. The fraction of sp³-hybridized carbons (Fsp3) is 0.143. The van der Waals surface area contributed by atoms with E-state index in [9.17, 15) is 4.57 Å². The van der Waals surface area contributed by atoms with Gasteiger partial charge in [-0.25, -0.2) is 0 Å². The second-order valence-electron chi connectivity index (χ2n) is 2.09. The van der Waals surface area contributed by atoms with E-state index in [1.54, 1.807) is 30.9 Å². The summed E-state index contributed by atoms with van der Waals surface area (Å²) < 4.78 is 10.9. The maximum Gasteiger partial charge on any atom is 0.373 e. The van der Waals surface area contributed by atoms with Crippen LogP contribution < -0.4 is 11.0 Å². The molecule has 0 heterocycles. The number of rotatable bonds is 1. The van der Waals surface area contributed by atoms with Crippen LogP contribution in [0.25, 0.3) is 0 Å². The van der Waals surface area contributed by atoms with Gasteiger partial charge in [-0.15, -0.1) is 0 Å². The molecule has 52 valence electrons. The van der Waals surface area contributed by atoms with Gasteiger partial charge in [0.15, 0.2) is 5.30 Å². The van der Waals surface area contributed by atoms with E-state index in [4.69, 9.17) is 5.73 Å². The lowest BCUT2D eigenvalue weighted by molar-refractivity contribution is 0.596. The Labute approximate surface area is 60.8 Å². The van der Waals surface area contributed by atoms with Crippen molar-refractivity contribution < 1.29 is 4.57 Å². The van der Waals surface area contributed by atoms with Crippen molar-refractivity contribution in [1.29, 1.82) is 0 Å². The van der Waals surface area contributed by atoms with E-state index in [-0.39, 0.29) is 0 Å². The second-order valence-corrected chi connectivity index (χ2v) is 3.60. The molecule has 0 radical (unpaired) electrons. The van der Waals surface area contributed by atoms with Crippen molar-refractivity contribution in [3.63, 3.8) is 0 Å². The highest BCUT2D eigenvalue weighted by atomic mass is 31.1. The molecule has 0 aliphatic rings. The van der Waals surface area contributed by atoms with Crippen LogP contribution in [-0.2, 0) is 4.57 Å². The van der Waals surface area contributed by atoms with Gasteiger partial charge in [-0.1, -0.05) is 4.57 Å². The van der Waals surface area contributed by atoms with Crippen LogP contribution >= 0.6 is 7.80 Å². The van der Waals surface area contributed by atoms with E-state index in [1.807, 2.05) is 0 Å². The summed E-state index contributed by atoms with van der Waals surface area (Å²) in [4.78, 5) is 0. The Morgan fingerprint density at radius 2 is 1.80 bits per heavy atom. The smallest absolute Gasteiger partial charge is 0.373 e. The summed E-state index contributed by atoms with van der Waals surface area (Å²) in [7, 11) is -1.21. The molecule has 0 aliphatic heterocycles. The number of hydrogen-bond donors (Lipinski definition) is 1. The first kappa shape index (κ1) is 7.23. The molecule has 0 aliphatic carbocycles. The molecule has 0 amide bonds. The van der Waals surface area contributed by atoms with Crippen LogP contribution in [0.4, 0.5) is 5.69 Å². The van der Waals surface area contributed by atoms with Crippen molar-refractivity contribution in [3.8, 4) is 0 Å². The molecule has 0 saturated heterocycles. The molecule has 0 spiro atoms. The van der Waals surface area contributed by atoms with E-state index in [1.165, 1.54) is 0 Å². The number of nitrogens with two attached hydrogens (primary N) is 1. The predicted molar refractivity (Wildman–Crippen MR) is 44.0 cm³/mol. The van der Waals surface area contributed by atoms with Gasteiger partial charge in [-0.05, 0) is 24.3 Å². The normalized spacial score (nSPS) is 11.1. The molecule has 0 saturated carbocycles. The van der Waals surface area contributed by atoms with E-state index in [2.05, 4.69) is 0 Å². The number of nitrogen functional groups attached to an aromatic ring is 1. The van der Waals surface area contributed by atoms with Crippen molar-refractivity contribution in [2.24, 2.45) is 0 Å². The minimum Gasteiger partial charge on any atom is -0.399 e. The minimum atomic E-state index is -1.21. The summed E-state index contributed by atoms with van der Waals surface area (Å²) >= 11 is 0. The van der Waals surface area contributed by atoms with Crippen LogP contribution in [0.1, 0.15) is 0 Å². The van der Waals surface area contributed by atoms with Crippen LogP contribution in [0.2, 0.25) is 0 Å². The van der Waals surface area contributed by atoms with Crippen molar-refractivity contribution >= 4 is 18.8 Å². The summed E-state index contributed by atoms with van der Waals surface area (Å²) in [6.07, 6.45) is 0. The zero-order chi connectivity index (χ0) is 7.56. The van der Waals surface area contributed by atoms with Gasteiger partial charge in [-0.2, -0.15) is 0 Å². The Hall–Kier alpha value is -0.880. The minimum absolute atomic E-state index is 0.709. The Bertz CT molecular complexity index is 242. The quantitative estimate of drug-likeness (QED) is 0.490. The first-order chi connectivity index (χ1) is 4.70. The summed E-state index contributed by atoms with van der Waals surface area (Å²) in [5, 5.41) is 0.851. The molecule has 1 rings (SSSR count). The Balaban J connectivity index is 3.00. The van der Waals surface area contributed by atoms with Crippen LogP contribution in [0, 0.1) is 0 Å². The van der Waals surface area contributed by atoms with Crippen LogP contribution in [0.15, 0.2) is 24.3 Å². The number of hydrogen-bond acceptors (Lipinski definition) is 2.